The van der Waals surface area contributed by atoms with Gasteiger partial charge in [-0.15, -0.1) is 11.6 Å². The SMILES string of the molecule is CC1=CC[C@@]2(C)[C@@H](CC[C@@H]3[C@@H]2CC[C@]2(C)[C@H](O)[C@H](Cl)C[C@@H]32)C1. The van der Waals surface area contributed by atoms with Gasteiger partial charge in [0, 0.05) is 0 Å². The van der Waals surface area contributed by atoms with Crippen LogP contribution < -0.4 is 0 Å². The Morgan fingerprint density at radius 3 is 2.68 bits per heavy atom. The molecular formula is C20H31ClO. The molecule has 0 saturated heterocycles. The zero-order chi connectivity index (χ0) is 15.7. The Hall–Kier alpha value is -0.0100. The molecule has 4 aliphatic rings. The normalized spacial score (nSPS) is 57.6. The zero-order valence-electron chi connectivity index (χ0n) is 14.3. The summed E-state index contributed by atoms with van der Waals surface area (Å²) in [6.45, 7) is 7.21. The standard InChI is InChI=1S/C20H31ClO/c1-12-6-8-19(2)13(10-12)4-5-14-15(19)7-9-20(3)16(14)11-17(21)18(20)22/h6,13-18,22H,4-5,7-11H2,1-3H3/t13-,14+,15-,16-,17+,18+,19-,20-/m0/s1. The van der Waals surface area contributed by atoms with E-state index < -0.39 is 0 Å². The molecule has 3 fully saturated rings. The fourth-order valence-electron chi connectivity index (χ4n) is 7.00. The third-order valence-electron chi connectivity index (χ3n) is 8.46. The van der Waals surface area contributed by atoms with Crippen LogP contribution >= 0.6 is 11.6 Å². The van der Waals surface area contributed by atoms with Crippen molar-refractivity contribution in [2.24, 2.45) is 34.5 Å². The van der Waals surface area contributed by atoms with Gasteiger partial charge in [0.1, 0.15) is 0 Å². The maximum absolute atomic E-state index is 10.6. The largest absolute Gasteiger partial charge is 0.391 e. The second kappa shape index (κ2) is 4.99. The summed E-state index contributed by atoms with van der Waals surface area (Å²) in [4.78, 5) is 0. The van der Waals surface area contributed by atoms with E-state index in [1.165, 1.54) is 38.5 Å². The fraction of sp³-hybridized carbons (Fsp3) is 0.900. The van der Waals surface area contributed by atoms with Gasteiger partial charge < -0.3 is 5.11 Å². The molecular weight excluding hydrogens is 292 g/mol. The van der Waals surface area contributed by atoms with Crippen LogP contribution in [0.3, 0.4) is 0 Å². The Morgan fingerprint density at radius 1 is 1.14 bits per heavy atom. The first-order chi connectivity index (χ1) is 10.4. The molecule has 22 heavy (non-hydrogen) atoms. The summed E-state index contributed by atoms with van der Waals surface area (Å²) in [5, 5.41) is 10.6. The summed E-state index contributed by atoms with van der Waals surface area (Å²) in [6, 6.07) is 0. The number of rotatable bonds is 0. The first kappa shape index (κ1) is 15.5. The van der Waals surface area contributed by atoms with Crippen molar-refractivity contribution in [3.8, 4) is 0 Å². The Morgan fingerprint density at radius 2 is 1.91 bits per heavy atom. The molecule has 0 aromatic heterocycles. The molecule has 0 spiro atoms. The highest BCUT2D eigenvalue weighted by molar-refractivity contribution is 6.21. The molecule has 0 radical (unpaired) electrons. The van der Waals surface area contributed by atoms with Crippen molar-refractivity contribution >= 4 is 11.6 Å². The maximum Gasteiger partial charge on any atom is 0.0760 e. The Kier molecular flexibility index (Phi) is 3.52. The minimum absolute atomic E-state index is 0.0206. The van der Waals surface area contributed by atoms with E-state index >= 15 is 0 Å². The topological polar surface area (TPSA) is 20.2 Å². The molecule has 0 aromatic carbocycles. The van der Waals surface area contributed by atoms with Crippen molar-refractivity contribution < 1.29 is 5.11 Å². The molecule has 124 valence electrons. The van der Waals surface area contributed by atoms with E-state index in [-0.39, 0.29) is 16.9 Å². The quantitative estimate of drug-likeness (QED) is 0.482. The van der Waals surface area contributed by atoms with Crippen LogP contribution in [-0.2, 0) is 0 Å². The molecule has 0 unspecified atom stereocenters. The first-order valence-corrected chi connectivity index (χ1v) is 9.77. The molecule has 1 nitrogen and oxygen atoms in total. The number of aliphatic hydroxyl groups excluding tert-OH is 1. The number of alkyl halides is 1. The predicted molar refractivity (Wildman–Crippen MR) is 91.9 cm³/mol. The highest BCUT2D eigenvalue weighted by Crippen LogP contribution is 2.66. The third-order valence-corrected chi connectivity index (χ3v) is 8.88. The van der Waals surface area contributed by atoms with Gasteiger partial charge in [0.25, 0.3) is 0 Å². The van der Waals surface area contributed by atoms with Crippen LogP contribution in [0.15, 0.2) is 11.6 Å². The molecule has 3 saturated carbocycles. The predicted octanol–water partition coefficient (Wildman–Crippen LogP) is 5.16. The highest BCUT2D eigenvalue weighted by atomic mass is 35.5. The molecule has 0 amide bonds. The lowest BCUT2D eigenvalue weighted by Crippen LogP contribution is -2.53. The van der Waals surface area contributed by atoms with E-state index in [4.69, 9.17) is 11.6 Å². The van der Waals surface area contributed by atoms with Crippen molar-refractivity contribution in [2.45, 2.75) is 77.2 Å². The number of hydrogen-bond donors (Lipinski definition) is 1. The molecule has 4 rings (SSSR count). The molecule has 0 aliphatic heterocycles. The van der Waals surface area contributed by atoms with Crippen LogP contribution in [0.2, 0.25) is 0 Å². The van der Waals surface area contributed by atoms with Crippen molar-refractivity contribution in [1.29, 1.82) is 0 Å². The Labute approximate surface area is 140 Å². The number of allylic oxidation sites excluding steroid dienone is 2. The van der Waals surface area contributed by atoms with Crippen LogP contribution in [0.1, 0.15) is 65.7 Å². The van der Waals surface area contributed by atoms with E-state index in [9.17, 15) is 5.11 Å². The molecule has 2 heteroatoms. The van der Waals surface area contributed by atoms with E-state index in [0.717, 1.165) is 24.2 Å². The fourth-order valence-corrected chi connectivity index (χ4v) is 7.48. The van der Waals surface area contributed by atoms with Crippen molar-refractivity contribution in [3.05, 3.63) is 11.6 Å². The van der Waals surface area contributed by atoms with E-state index in [2.05, 4.69) is 26.8 Å². The van der Waals surface area contributed by atoms with Crippen LogP contribution in [0.25, 0.3) is 0 Å². The van der Waals surface area contributed by atoms with Gasteiger partial charge in [-0.3, -0.25) is 0 Å². The van der Waals surface area contributed by atoms with E-state index in [0.29, 0.717) is 11.3 Å². The number of aliphatic hydroxyl groups is 1. The van der Waals surface area contributed by atoms with Gasteiger partial charge in [0.05, 0.1) is 11.5 Å². The lowest BCUT2D eigenvalue weighted by molar-refractivity contribution is -0.109. The maximum atomic E-state index is 10.6. The second-order valence-electron chi connectivity index (χ2n) is 9.36. The number of halogens is 1. The number of hydrogen-bond acceptors (Lipinski definition) is 1. The Bertz CT molecular complexity index is 500. The minimum atomic E-state index is -0.292. The summed E-state index contributed by atoms with van der Waals surface area (Å²) >= 11 is 6.49. The minimum Gasteiger partial charge on any atom is -0.391 e. The molecule has 1 N–H and O–H groups in total. The van der Waals surface area contributed by atoms with Crippen molar-refractivity contribution in [2.75, 3.05) is 0 Å². The van der Waals surface area contributed by atoms with Gasteiger partial charge in [-0.25, -0.2) is 0 Å². The van der Waals surface area contributed by atoms with Gasteiger partial charge in [0.2, 0.25) is 0 Å². The lowest BCUT2D eigenvalue weighted by Gasteiger charge is -2.59. The smallest absolute Gasteiger partial charge is 0.0760 e. The third kappa shape index (κ3) is 1.94. The van der Waals surface area contributed by atoms with Gasteiger partial charge in [-0.1, -0.05) is 25.5 Å². The molecule has 8 atom stereocenters. The van der Waals surface area contributed by atoms with Crippen molar-refractivity contribution in [3.63, 3.8) is 0 Å². The van der Waals surface area contributed by atoms with Gasteiger partial charge in [-0.2, -0.15) is 0 Å². The zero-order valence-corrected chi connectivity index (χ0v) is 15.1. The molecule has 0 bridgehead atoms. The monoisotopic (exact) mass is 322 g/mol. The number of fused-ring (bicyclic) bond motifs is 5. The van der Waals surface area contributed by atoms with Crippen LogP contribution in [0, 0.1) is 34.5 Å². The summed E-state index contributed by atoms with van der Waals surface area (Å²) in [5.74, 6) is 3.18. The van der Waals surface area contributed by atoms with Crippen LogP contribution in [-0.4, -0.2) is 16.6 Å². The summed E-state index contributed by atoms with van der Waals surface area (Å²) in [6.07, 6.45) is 11.1. The Balaban J connectivity index is 1.66. The van der Waals surface area contributed by atoms with Crippen molar-refractivity contribution in [1.82, 2.24) is 0 Å². The average Bonchev–Trinajstić information content (AvgIpc) is 2.72. The first-order valence-electron chi connectivity index (χ1n) is 9.34. The summed E-state index contributed by atoms with van der Waals surface area (Å²) < 4.78 is 0. The molecule has 0 aromatic rings. The van der Waals surface area contributed by atoms with E-state index in [1.807, 2.05) is 0 Å². The molecule has 4 aliphatic carbocycles. The van der Waals surface area contributed by atoms with E-state index in [1.54, 1.807) is 5.57 Å². The van der Waals surface area contributed by atoms with Crippen LogP contribution in [0.4, 0.5) is 0 Å². The highest BCUT2D eigenvalue weighted by Gasteiger charge is 2.61. The van der Waals surface area contributed by atoms with Crippen LogP contribution in [0.5, 0.6) is 0 Å². The van der Waals surface area contributed by atoms with Gasteiger partial charge >= 0.3 is 0 Å². The molecule has 0 heterocycles. The van der Waals surface area contributed by atoms with Gasteiger partial charge in [0.15, 0.2) is 0 Å². The summed E-state index contributed by atoms with van der Waals surface area (Å²) in [5.41, 5.74) is 2.19. The average molecular weight is 323 g/mol. The summed E-state index contributed by atoms with van der Waals surface area (Å²) in [7, 11) is 0. The lowest BCUT2D eigenvalue weighted by atomic mass is 9.45. The second-order valence-corrected chi connectivity index (χ2v) is 9.92. The van der Waals surface area contributed by atoms with Gasteiger partial charge in [-0.05, 0) is 86.4 Å².